The predicted octanol–water partition coefficient (Wildman–Crippen LogP) is 3.80. The number of aryl methyl sites for hydroxylation is 2. The molecule has 1 aromatic rings. The van der Waals surface area contributed by atoms with Crippen LogP contribution in [0.4, 0.5) is 0 Å². The third kappa shape index (κ3) is 3.87. The van der Waals surface area contributed by atoms with Gasteiger partial charge >= 0.3 is 0 Å². The number of hydrogen-bond acceptors (Lipinski definition) is 2. The van der Waals surface area contributed by atoms with Crippen LogP contribution in [-0.2, 0) is 12.0 Å². The first-order valence-electron chi connectivity index (χ1n) is 8.19. The molecule has 0 bridgehead atoms. The molecule has 0 saturated carbocycles. The van der Waals surface area contributed by atoms with E-state index in [0.717, 1.165) is 26.1 Å². The van der Waals surface area contributed by atoms with Crippen LogP contribution >= 0.6 is 0 Å². The van der Waals surface area contributed by atoms with Crippen LogP contribution in [0.15, 0.2) is 12.1 Å². The fraction of sp³-hybridized carbons (Fsp3) is 0.684. The molecule has 0 spiro atoms. The molecular weight excluding hydrogens is 258 g/mol. The maximum Gasteiger partial charge on any atom is 0.0693 e. The smallest absolute Gasteiger partial charge is 0.0693 e. The van der Waals surface area contributed by atoms with Crippen molar-refractivity contribution in [3.8, 4) is 0 Å². The largest absolute Gasteiger partial charge is 0.392 e. The summed E-state index contributed by atoms with van der Waals surface area (Å²) in [7, 11) is 0. The van der Waals surface area contributed by atoms with Crippen LogP contribution in [0.2, 0.25) is 0 Å². The van der Waals surface area contributed by atoms with Gasteiger partial charge in [0.25, 0.3) is 0 Å². The van der Waals surface area contributed by atoms with E-state index in [0.29, 0.717) is 5.92 Å². The van der Waals surface area contributed by atoms with Crippen molar-refractivity contribution in [1.82, 2.24) is 4.90 Å². The zero-order valence-electron chi connectivity index (χ0n) is 14.5. The normalized spacial score (nSPS) is 24.3. The second-order valence-electron chi connectivity index (χ2n) is 7.91. The highest BCUT2D eigenvalue weighted by atomic mass is 16.3. The molecule has 2 atom stereocenters. The molecule has 0 amide bonds. The van der Waals surface area contributed by atoms with Crippen molar-refractivity contribution in [1.29, 1.82) is 0 Å². The molecule has 21 heavy (non-hydrogen) atoms. The first kappa shape index (κ1) is 16.5. The molecule has 2 rings (SSSR count). The van der Waals surface area contributed by atoms with E-state index in [1.807, 2.05) is 0 Å². The number of β-amino-alcohol motifs (C(OH)–C–C–N with tert-alkyl or cyclic N) is 1. The molecule has 2 heteroatoms. The maximum atomic E-state index is 10.1. The van der Waals surface area contributed by atoms with Crippen molar-refractivity contribution < 1.29 is 5.11 Å². The Hall–Kier alpha value is -0.860. The highest BCUT2D eigenvalue weighted by Gasteiger charge is 2.25. The van der Waals surface area contributed by atoms with E-state index < -0.39 is 0 Å². The van der Waals surface area contributed by atoms with Crippen molar-refractivity contribution in [2.45, 2.75) is 66.0 Å². The van der Waals surface area contributed by atoms with Gasteiger partial charge in [-0.3, -0.25) is 4.90 Å². The SMILES string of the molecule is Cc1cc(C(C)(C)C)cc(C)c1CN1CCC(C)C(O)C1. The van der Waals surface area contributed by atoms with E-state index in [4.69, 9.17) is 0 Å². The monoisotopic (exact) mass is 289 g/mol. The van der Waals surface area contributed by atoms with Gasteiger partial charge in [0.2, 0.25) is 0 Å². The minimum Gasteiger partial charge on any atom is -0.392 e. The van der Waals surface area contributed by atoms with E-state index in [1.54, 1.807) is 0 Å². The molecule has 0 aromatic heterocycles. The lowest BCUT2D eigenvalue weighted by atomic mass is 9.83. The van der Waals surface area contributed by atoms with E-state index in [-0.39, 0.29) is 11.5 Å². The van der Waals surface area contributed by atoms with Gasteiger partial charge in [-0.05, 0) is 60.4 Å². The number of piperidine rings is 1. The van der Waals surface area contributed by atoms with Crippen LogP contribution < -0.4 is 0 Å². The minimum atomic E-state index is -0.173. The van der Waals surface area contributed by atoms with Crippen molar-refractivity contribution in [2.24, 2.45) is 5.92 Å². The van der Waals surface area contributed by atoms with Crippen molar-refractivity contribution in [3.63, 3.8) is 0 Å². The molecule has 0 aliphatic carbocycles. The second-order valence-corrected chi connectivity index (χ2v) is 7.91. The Morgan fingerprint density at radius 2 is 1.76 bits per heavy atom. The molecule has 1 aromatic carbocycles. The van der Waals surface area contributed by atoms with E-state index in [1.165, 1.54) is 22.3 Å². The van der Waals surface area contributed by atoms with Crippen molar-refractivity contribution in [2.75, 3.05) is 13.1 Å². The number of hydrogen-bond donors (Lipinski definition) is 1. The summed E-state index contributed by atoms with van der Waals surface area (Å²) in [6.07, 6.45) is 0.924. The Balaban J connectivity index is 2.18. The van der Waals surface area contributed by atoms with Crippen LogP contribution in [-0.4, -0.2) is 29.2 Å². The summed E-state index contributed by atoms with van der Waals surface area (Å²) in [5.41, 5.74) is 5.81. The molecule has 1 aliphatic rings. The quantitative estimate of drug-likeness (QED) is 0.895. The third-order valence-electron chi connectivity index (χ3n) is 4.95. The minimum absolute atomic E-state index is 0.173. The molecule has 118 valence electrons. The first-order chi connectivity index (χ1) is 9.68. The highest BCUT2D eigenvalue weighted by Crippen LogP contribution is 2.28. The number of aliphatic hydroxyl groups is 1. The summed E-state index contributed by atoms with van der Waals surface area (Å²) >= 11 is 0. The van der Waals surface area contributed by atoms with Crippen LogP contribution in [0, 0.1) is 19.8 Å². The lowest BCUT2D eigenvalue weighted by Crippen LogP contribution is -2.42. The van der Waals surface area contributed by atoms with Crippen LogP contribution in [0.5, 0.6) is 0 Å². The van der Waals surface area contributed by atoms with E-state index in [2.05, 4.69) is 58.6 Å². The van der Waals surface area contributed by atoms with Crippen molar-refractivity contribution >= 4 is 0 Å². The molecule has 1 heterocycles. The first-order valence-corrected chi connectivity index (χ1v) is 8.19. The van der Waals surface area contributed by atoms with Gasteiger partial charge in [0.1, 0.15) is 0 Å². The second kappa shape index (κ2) is 6.10. The Morgan fingerprint density at radius 1 is 1.19 bits per heavy atom. The molecule has 2 nitrogen and oxygen atoms in total. The zero-order chi connectivity index (χ0) is 15.8. The Bertz CT molecular complexity index is 478. The molecule has 1 aliphatic heterocycles. The van der Waals surface area contributed by atoms with E-state index >= 15 is 0 Å². The summed E-state index contributed by atoms with van der Waals surface area (Å²) in [6.45, 7) is 16.3. The average Bonchev–Trinajstić information content (AvgIpc) is 2.36. The van der Waals surface area contributed by atoms with Crippen molar-refractivity contribution in [3.05, 3.63) is 34.4 Å². The summed E-state index contributed by atoms with van der Waals surface area (Å²) in [6, 6.07) is 4.68. The number of likely N-dealkylation sites (tertiary alicyclic amines) is 1. The topological polar surface area (TPSA) is 23.5 Å². The fourth-order valence-corrected chi connectivity index (χ4v) is 3.16. The van der Waals surface area contributed by atoms with Gasteiger partial charge in [-0.25, -0.2) is 0 Å². The molecule has 1 fully saturated rings. The number of benzene rings is 1. The van der Waals surface area contributed by atoms with Crippen LogP contribution in [0.3, 0.4) is 0 Å². The molecule has 1 saturated heterocycles. The van der Waals surface area contributed by atoms with Gasteiger partial charge in [0, 0.05) is 13.1 Å². The van der Waals surface area contributed by atoms with Gasteiger partial charge in [-0.1, -0.05) is 39.8 Å². The summed E-state index contributed by atoms with van der Waals surface area (Å²) < 4.78 is 0. The van der Waals surface area contributed by atoms with Gasteiger partial charge < -0.3 is 5.11 Å². The summed E-state index contributed by atoms with van der Waals surface area (Å²) in [4.78, 5) is 2.40. The lowest BCUT2D eigenvalue weighted by Gasteiger charge is -2.35. The summed E-state index contributed by atoms with van der Waals surface area (Å²) in [5.74, 6) is 0.437. The van der Waals surface area contributed by atoms with Crippen LogP contribution in [0.1, 0.15) is 56.4 Å². The molecule has 2 unspecified atom stereocenters. The number of nitrogens with zero attached hydrogens (tertiary/aromatic N) is 1. The highest BCUT2D eigenvalue weighted by molar-refractivity contribution is 5.40. The van der Waals surface area contributed by atoms with Gasteiger partial charge in [-0.2, -0.15) is 0 Å². The number of rotatable bonds is 2. The lowest BCUT2D eigenvalue weighted by molar-refractivity contribution is 0.0258. The van der Waals surface area contributed by atoms with E-state index in [9.17, 15) is 5.11 Å². The van der Waals surface area contributed by atoms with Gasteiger partial charge in [0.15, 0.2) is 0 Å². The maximum absolute atomic E-state index is 10.1. The third-order valence-corrected chi connectivity index (χ3v) is 4.95. The van der Waals surface area contributed by atoms with Gasteiger partial charge in [0.05, 0.1) is 6.10 Å². The molecular formula is C19H31NO. The predicted molar refractivity (Wildman–Crippen MR) is 89.7 cm³/mol. The fourth-order valence-electron chi connectivity index (χ4n) is 3.16. The van der Waals surface area contributed by atoms with Gasteiger partial charge in [-0.15, -0.1) is 0 Å². The standard InChI is InChI=1S/C19H31NO/c1-13-7-8-20(12-18(13)21)11-17-14(2)9-16(10-15(17)3)19(4,5)6/h9-10,13,18,21H,7-8,11-12H2,1-6H3. The molecule has 0 radical (unpaired) electrons. The number of aliphatic hydroxyl groups excluding tert-OH is 1. The Kier molecular flexibility index (Phi) is 4.79. The Morgan fingerprint density at radius 3 is 2.24 bits per heavy atom. The van der Waals surface area contributed by atoms with Crippen LogP contribution in [0.25, 0.3) is 0 Å². The Labute approximate surface area is 130 Å². The molecule has 1 N–H and O–H groups in total. The zero-order valence-corrected chi connectivity index (χ0v) is 14.5. The average molecular weight is 289 g/mol. The summed E-state index contributed by atoms with van der Waals surface area (Å²) in [5, 5.41) is 10.1.